The molecule has 0 aliphatic carbocycles. The summed E-state index contributed by atoms with van der Waals surface area (Å²) in [6.45, 7) is 0. The Morgan fingerprint density at radius 3 is 0.909 bits per heavy atom. The fourth-order valence-corrected chi connectivity index (χ4v) is 1.68. The van der Waals surface area contributed by atoms with Gasteiger partial charge < -0.3 is 30.2 Å². The van der Waals surface area contributed by atoms with Crippen molar-refractivity contribution in [2.75, 3.05) is 38.0 Å². The first-order valence-electron chi connectivity index (χ1n) is 6.59. The second kappa shape index (κ2) is 7.31. The number of hydrogen-bond donors (Lipinski definition) is 4. The van der Waals surface area contributed by atoms with Crippen LogP contribution < -0.4 is 9.80 Å². The topological polar surface area (TPSA) is 87.4 Å². The van der Waals surface area contributed by atoms with Crippen molar-refractivity contribution in [3.63, 3.8) is 0 Å². The van der Waals surface area contributed by atoms with Gasteiger partial charge in [-0.05, 0) is 0 Å². The van der Waals surface area contributed by atoms with E-state index in [1.54, 1.807) is 34.1 Å². The number of phenolic OH excluding ortho intramolecular Hbond substituents is 4. The molecule has 2 aromatic rings. The molecule has 0 heterocycles. The van der Waals surface area contributed by atoms with E-state index >= 15 is 0 Å². The molecule has 22 heavy (non-hydrogen) atoms. The summed E-state index contributed by atoms with van der Waals surface area (Å²) in [5.41, 5.74) is 1.56. The van der Waals surface area contributed by atoms with Gasteiger partial charge in [-0.3, -0.25) is 0 Å². The largest absolute Gasteiger partial charge is 0.508 e. The minimum atomic E-state index is 0.0775. The lowest BCUT2D eigenvalue weighted by molar-refractivity contribution is 0.449. The van der Waals surface area contributed by atoms with Gasteiger partial charge in [0.2, 0.25) is 0 Å². The summed E-state index contributed by atoms with van der Waals surface area (Å²) in [4.78, 5) is 3.61. The van der Waals surface area contributed by atoms with Gasteiger partial charge in [-0.25, -0.2) is 0 Å². The lowest BCUT2D eigenvalue weighted by atomic mass is 10.2. The molecule has 0 aliphatic rings. The minimum Gasteiger partial charge on any atom is -0.508 e. The number of aromatic hydroxyl groups is 4. The van der Waals surface area contributed by atoms with Crippen molar-refractivity contribution in [3.8, 4) is 23.0 Å². The molecule has 0 amide bonds. The first-order valence-corrected chi connectivity index (χ1v) is 6.59. The van der Waals surface area contributed by atoms with Gasteiger partial charge in [-0.15, -0.1) is 0 Å². The summed E-state index contributed by atoms with van der Waals surface area (Å²) < 4.78 is 0. The van der Waals surface area contributed by atoms with Gasteiger partial charge in [0.15, 0.2) is 0 Å². The molecule has 0 fully saturated rings. The number of hydrogen-bond acceptors (Lipinski definition) is 6. The molecule has 0 atom stereocenters. The summed E-state index contributed by atoms with van der Waals surface area (Å²) in [5.74, 6) is 0.310. The molecule has 4 N–H and O–H groups in total. The molecular weight excluding hydrogens is 284 g/mol. The maximum Gasteiger partial charge on any atom is 0.121 e. The third kappa shape index (κ3) is 5.32. The monoisotopic (exact) mass is 306 g/mol. The minimum absolute atomic E-state index is 0.0775. The van der Waals surface area contributed by atoms with Crippen LogP contribution in [-0.2, 0) is 0 Å². The molecule has 0 bridgehead atoms. The van der Waals surface area contributed by atoms with Crippen LogP contribution in [0, 0.1) is 0 Å². The molecule has 0 saturated heterocycles. The van der Waals surface area contributed by atoms with Gasteiger partial charge in [0.05, 0.1) is 0 Å². The Kier molecular flexibility index (Phi) is 5.74. The van der Waals surface area contributed by atoms with E-state index in [2.05, 4.69) is 0 Å². The molecule has 120 valence electrons. The third-order valence-electron chi connectivity index (χ3n) is 2.81. The molecule has 0 aromatic heterocycles. The van der Waals surface area contributed by atoms with Gasteiger partial charge in [0.1, 0.15) is 23.0 Å². The summed E-state index contributed by atoms with van der Waals surface area (Å²) in [6.07, 6.45) is 0. The standard InChI is InChI=1S/2C8H11NO2/c2*1-9(2)6-3-7(10)5-8(11)4-6/h2*3-5,10-11H,1-2H3. The highest BCUT2D eigenvalue weighted by Crippen LogP contribution is 2.26. The van der Waals surface area contributed by atoms with Crippen LogP contribution in [0.15, 0.2) is 36.4 Å². The Hall–Kier alpha value is -2.76. The summed E-state index contributed by atoms with van der Waals surface area (Å²) in [7, 11) is 7.37. The second-order valence-corrected chi connectivity index (χ2v) is 5.20. The number of anilines is 2. The van der Waals surface area contributed by atoms with Crippen molar-refractivity contribution in [2.24, 2.45) is 0 Å². The average Bonchev–Trinajstić information content (AvgIpc) is 2.37. The number of nitrogens with zero attached hydrogens (tertiary/aromatic N) is 2. The maximum absolute atomic E-state index is 9.06. The Labute approximate surface area is 130 Å². The van der Waals surface area contributed by atoms with Gasteiger partial charge in [-0.2, -0.15) is 0 Å². The average molecular weight is 306 g/mol. The van der Waals surface area contributed by atoms with Crippen molar-refractivity contribution in [1.29, 1.82) is 0 Å². The van der Waals surface area contributed by atoms with Crippen LogP contribution in [0.2, 0.25) is 0 Å². The predicted molar refractivity (Wildman–Crippen MR) is 88.2 cm³/mol. The van der Waals surface area contributed by atoms with Gasteiger partial charge in [0, 0.05) is 76.0 Å². The Bertz CT molecular complexity index is 532. The van der Waals surface area contributed by atoms with Crippen LogP contribution in [0.4, 0.5) is 11.4 Å². The van der Waals surface area contributed by atoms with E-state index in [9.17, 15) is 0 Å². The summed E-state index contributed by atoms with van der Waals surface area (Å²) in [6, 6.07) is 8.93. The normalized spacial score (nSPS) is 9.64. The van der Waals surface area contributed by atoms with Crippen LogP contribution in [0.3, 0.4) is 0 Å². The zero-order valence-corrected chi connectivity index (χ0v) is 13.1. The number of benzene rings is 2. The van der Waals surface area contributed by atoms with E-state index in [0.717, 1.165) is 11.4 Å². The maximum atomic E-state index is 9.06. The Morgan fingerprint density at radius 2 is 0.727 bits per heavy atom. The first-order chi connectivity index (χ1) is 10.2. The fraction of sp³-hybridized carbons (Fsp3) is 0.250. The first kappa shape index (κ1) is 17.3. The summed E-state index contributed by atoms with van der Waals surface area (Å²) in [5, 5.41) is 36.2. The lowest BCUT2D eigenvalue weighted by Crippen LogP contribution is -2.07. The molecule has 2 rings (SSSR count). The predicted octanol–water partition coefficient (Wildman–Crippen LogP) is 2.33. The molecule has 0 saturated carbocycles. The smallest absolute Gasteiger partial charge is 0.121 e. The molecule has 0 unspecified atom stereocenters. The van der Waals surface area contributed by atoms with Crippen LogP contribution >= 0.6 is 0 Å². The van der Waals surface area contributed by atoms with Crippen molar-refractivity contribution in [3.05, 3.63) is 36.4 Å². The highest BCUT2D eigenvalue weighted by molar-refractivity contribution is 5.54. The molecule has 0 aliphatic heterocycles. The number of rotatable bonds is 2. The lowest BCUT2D eigenvalue weighted by Gasteiger charge is -2.12. The quantitative estimate of drug-likeness (QED) is 0.681. The molecule has 6 nitrogen and oxygen atoms in total. The van der Waals surface area contributed by atoms with E-state index < -0.39 is 0 Å². The molecule has 0 spiro atoms. The van der Waals surface area contributed by atoms with E-state index in [1.807, 2.05) is 28.2 Å². The van der Waals surface area contributed by atoms with Crippen molar-refractivity contribution in [2.45, 2.75) is 0 Å². The number of phenols is 4. The van der Waals surface area contributed by atoms with Gasteiger partial charge in [0.25, 0.3) is 0 Å². The van der Waals surface area contributed by atoms with E-state index in [-0.39, 0.29) is 23.0 Å². The summed E-state index contributed by atoms with van der Waals surface area (Å²) >= 11 is 0. The fourth-order valence-electron chi connectivity index (χ4n) is 1.68. The van der Waals surface area contributed by atoms with E-state index in [4.69, 9.17) is 20.4 Å². The molecule has 2 aromatic carbocycles. The van der Waals surface area contributed by atoms with E-state index in [0.29, 0.717) is 0 Å². The molecule has 0 radical (unpaired) electrons. The second-order valence-electron chi connectivity index (χ2n) is 5.20. The van der Waals surface area contributed by atoms with Crippen molar-refractivity contribution >= 4 is 11.4 Å². The van der Waals surface area contributed by atoms with Crippen LogP contribution in [0.1, 0.15) is 0 Å². The zero-order valence-electron chi connectivity index (χ0n) is 13.1. The van der Waals surface area contributed by atoms with Crippen LogP contribution in [-0.4, -0.2) is 48.6 Å². The van der Waals surface area contributed by atoms with Gasteiger partial charge >= 0.3 is 0 Å². The van der Waals surface area contributed by atoms with Crippen LogP contribution in [0.25, 0.3) is 0 Å². The highest BCUT2D eigenvalue weighted by Gasteiger charge is 2.00. The highest BCUT2D eigenvalue weighted by atomic mass is 16.3. The Balaban J connectivity index is 0.000000220. The van der Waals surface area contributed by atoms with Crippen LogP contribution in [0.5, 0.6) is 23.0 Å². The molecule has 6 heteroatoms. The van der Waals surface area contributed by atoms with Crippen molar-refractivity contribution in [1.82, 2.24) is 0 Å². The van der Waals surface area contributed by atoms with Gasteiger partial charge in [-0.1, -0.05) is 0 Å². The van der Waals surface area contributed by atoms with E-state index in [1.165, 1.54) is 12.1 Å². The third-order valence-corrected chi connectivity index (χ3v) is 2.81. The Morgan fingerprint density at radius 1 is 0.500 bits per heavy atom. The SMILES string of the molecule is CN(C)c1cc(O)cc(O)c1.CN(C)c1cc(O)cc(O)c1. The molecular formula is C16H22N2O4. The zero-order chi connectivity index (χ0) is 16.9. The van der Waals surface area contributed by atoms with Crippen molar-refractivity contribution < 1.29 is 20.4 Å².